The molecule has 0 amide bonds. The van der Waals surface area contributed by atoms with E-state index in [0.717, 1.165) is 16.6 Å². The van der Waals surface area contributed by atoms with Gasteiger partial charge in [-0.05, 0) is 30.5 Å². The van der Waals surface area contributed by atoms with Crippen LogP contribution < -0.4 is 11.3 Å². The van der Waals surface area contributed by atoms with Crippen molar-refractivity contribution in [3.05, 3.63) is 36.2 Å². The van der Waals surface area contributed by atoms with Crippen LogP contribution in [0.2, 0.25) is 0 Å². The van der Waals surface area contributed by atoms with Crippen molar-refractivity contribution in [1.29, 1.82) is 0 Å². The van der Waals surface area contributed by atoms with E-state index in [1.807, 2.05) is 18.2 Å². The minimum Gasteiger partial charge on any atom is -0.271 e. The number of sulfone groups is 1. The lowest BCUT2D eigenvalue weighted by atomic mass is 10.0. The molecular weight excluding hydrogens is 276 g/mol. The number of rotatable bonds is 6. The Bertz CT molecular complexity index is 688. The third kappa shape index (κ3) is 3.96. The zero-order chi connectivity index (χ0) is 14.6. The third-order valence-electron chi connectivity index (χ3n) is 3.10. The van der Waals surface area contributed by atoms with Gasteiger partial charge in [0.2, 0.25) is 0 Å². The van der Waals surface area contributed by atoms with Crippen LogP contribution in [0, 0.1) is 0 Å². The first-order chi connectivity index (χ1) is 9.49. The fourth-order valence-corrected chi connectivity index (χ4v) is 2.78. The molecule has 20 heavy (non-hydrogen) atoms. The SMILES string of the molecule is CS(=O)(=O)CCCC(NN)c1ccc2nccnc2c1. The van der Waals surface area contributed by atoms with Gasteiger partial charge in [0, 0.05) is 30.4 Å². The van der Waals surface area contributed by atoms with Crippen molar-refractivity contribution >= 4 is 20.9 Å². The molecule has 0 aliphatic rings. The summed E-state index contributed by atoms with van der Waals surface area (Å²) in [6, 6.07) is 5.65. The van der Waals surface area contributed by atoms with Crippen LogP contribution in [0.15, 0.2) is 30.6 Å². The Morgan fingerprint density at radius 2 is 1.95 bits per heavy atom. The molecule has 0 radical (unpaired) electrons. The molecule has 1 aromatic heterocycles. The Kier molecular flexibility index (Phi) is 4.64. The number of nitrogens with zero attached hydrogens (tertiary/aromatic N) is 2. The zero-order valence-electron chi connectivity index (χ0n) is 11.3. The molecule has 1 atom stereocenters. The lowest BCUT2D eigenvalue weighted by Crippen LogP contribution is -2.28. The van der Waals surface area contributed by atoms with Gasteiger partial charge in [-0.2, -0.15) is 0 Å². The molecule has 0 aliphatic heterocycles. The Morgan fingerprint density at radius 1 is 1.25 bits per heavy atom. The molecule has 7 heteroatoms. The van der Waals surface area contributed by atoms with Gasteiger partial charge in [0.05, 0.1) is 11.0 Å². The number of hydrazine groups is 1. The standard InChI is InChI=1S/C13H18N4O2S/c1-20(18,19)8-2-3-11(17-14)10-4-5-12-13(9-10)16-7-6-15-12/h4-7,9,11,17H,2-3,8,14H2,1H3. The van der Waals surface area contributed by atoms with Crippen molar-refractivity contribution in [2.75, 3.05) is 12.0 Å². The maximum absolute atomic E-state index is 11.1. The average Bonchev–Trinajstić information content (AvgIpc) is 2.42. The van der Waals surface area contributed by atoms with E-state index >= 15 is 0 Å². The fraction of sp³-hybridized carbons (Fsp3) is 0.385. The molecule has 0 aliphatic carbocycles. The Balaban J connectivity index is 2.12. The number of nitrogens with two attached hydrogens (primary N) is 1. The normalized spacial score (nSPS) is 13.5. The highest BCUT2D eigenvalue weighted by Gasteiger charge is 2.12. The summed E-state index contributed by atoms with van der Waals surface area (Å²) < 4.78 is 22.3. The van der Waals surface area contributed by atoms with Gasteiger partial charge in [0.15, 0.2) is 0 Å². The van der Waals surface area contributed by atoms with E-state index in [1.165, 1.54) is 6.26 Å². The fourth-order valence-electron chi connectivity index (χ4n) is 2.09. The van der Waals surface area contributed by atoms with E-state index < -0.39 is 9.84 Å². The lowest BCUT2D eigenvalue weighted by Gasteiger charge is -2.16. The minimum absolute atomic E-state index is 0.0943. The highest BCUT2D eigenvalue weighted by molar-refractivity contribution is 7.90. The second-order valence-electron chi connectivity index (χ2n) is 4.80. The highest BCUT2D eigenvalue weighted by Crippen LogP contribution is 2.21. The first-order valence-electron chi connectivity index (χ1n) is 6.34. The van der Waals surface area contributed by atoms with Gasteiger partial charge >= 0.3 is 0 Å². The largest absolute Gasteiger partial charge is 0.271 e. The van der Waals surface area contributed by atoms with Crippen molar-refractivity contribution in [1.82, 2.24) is 15.4 Å². The van der Waals surface area contributed by atoms with Gasteiger partial charge in [0.25, 0.3) is 0 Å². The Hall–Kier alpha value is -1.57. The molecule has 0 saturated heterocycles. The summed E-state index contributed by atoms with van der Waals surface area (Å²) >= 11 is 0. The number of aromatic nitrogens is 2. The van der Waals surface area contributed by atoms with E-state index in [9.17, 15) is 8.42 Å². The van der Waals surface area contributed by atoms with Crippen molar-refractivity contribution in [2.45, 2.75) is 18.9 Å². The predicted molar refractivity (Wildman–Crippen MR) is 78.5 cm³/mol. The average molecular weight is 294 g/mol. The Labute approximate surface area is 118 Å². The van der Waals surface area contributed by atoms with Crippen LogP contribution in [0.1, 0.15) is 24.4 Å². The van der Waals surface area contributed by atoms with Gasteiger partial charge < -0.3 is 0 Å². The molecule has 1 aromatic carbocycles. The first-order valence-corrected chi connectivity index (χ1v) is 8.40. The molecule has 108 valence electrons. The van der Waals surface area contributed by atoms with Crippen LogP contribution in [-0.2, 0) is 9.84 Å². The Morgan fingerprint density at radius 3 is 2.60 bits per heavy atom. The second kappa shape index (κ2) is 6.25. The lowest BCUT2D eigenvalue weighted by molar-refractivity contribution is 0.508. The van der Waals surface area contributed by atoms with Crippen LogP contribution in [0.3, 0.4) is 0 Å². The molecule has 2 rings (SSSR count). The zero-order valence-corrected chi connectivity index (χ0v) is 12.1. The summed E-state index contributed by atoms with van der Waals surface area (Å²) in [5.74, 6) is 5.73. The smallest absolute Gasteiger partial charge is 0.147 e. The van der Waals surface area contributed by atoms with Crippen molar-refractivity contribution in [3.63, 3.8) is 0 Å². The van der Waals surface area contributed by atoms with Crippen LogP contribution >= 0.6 is 0 Å². The van der Waals surface area contributed by atoms with Crippen LogP contribution in [-0.4, -0.2) is 30.4 Å². The van der Waals surface area contributed by atoms with Crippen molar-refractivity contribution in [2.24, 2.45) is 5.84 Å². The van der Waals surface area contributed by atoms with E-state index in [2.05, 4.69) is 15.4 Å². The van der Waals surface area contributed by atoms with E-state index in [0.29, 0.717) is 12.8 Å². The van der Waals surface area contributed by atoms with Crippen LogP contribution in [0.5, 0.6) is 0 Å². The second-order valence-corrected chi connectivity index (χ2v) is 7.06. The summed E-state index contributed by atoms with van der Waals surface area (Å²) in [5, 5.41) is 0. The summed E-state index contributed by atoms with van der Waals surface area (Å²) in [6.07, 6.45) is 5.73. The minimum atomic E-state index is -2.94. The molecular formula is C13H18N4O2S. The number of hydrogen-bond acceptors (Lipinski definition) is 6. The number of fused-ring (bicyclic) bond motifs is 1. The van der Waals surface area contributed by atoms with Crippen molar-refractivity contribution in [3.8, 4) is 0 Å². The van der Waals surface area contributed by atoms with Gasteiger partial charge in [-0.3, -0.25) is 21.2 Å². The molecule has 0 fully saturated rings. The van der Waals surface area contributed by atoms with E-state index in [4.69, 9.17) is 5.84 Å². The maximum Gasteiger partial charge on any atom is 0.147 e. The number of nitrogens with one attached hydrogen (secondary N) is 1. The monoisotopic (exact) mass is 294 g/mol. The van der Waals surface area contributed by atoms with Gasteiger partial charge in [0.1, 0.15) is 9.84 Å². The number of benzene rings is 1. The molecule has 0 spiro atoms. The van der Waals surface area contributed by atoms with Gasteiger partial charge in [-0.1, -0.05) is 6.07 Å². The molecule has 2 aromatic rings. The first kappa shape index (κ1) is 14.8. The summed E-state index contributed by atoms with van der Waals surface area (Å²) in [4.78, 5) is 8.46. The topological polar surface area (TPSA) is 98.0 Å². The molecule has 6 nitrogen and oxygen atoms in total. The quantitative estimate of drug-likeness (QED) is 0.608. The summed E-state index contributed by atoms with van der Waals surface area (Å²) in [7, 11) is -2.94. The molecule has 0 saturated carbocycles. The third-order valence-corrected chi connectivity index (χ3v) is 4.14. The summed E-state index contributed by atoms with van der Waals surface area (Å²) in [5.41, 5.74) is 5.33. The maximum atomic E-state index is 11.1. The van der Waals surface area contributed by atoms with Gasteiger partial charge in [-0.15, -0.1) is 0 Å². The molecule has 1 unspecified atom stereocenters. The van der Waals surface area contributed by atoms with Gasteiger partial charge in [-0.25, -0.2) is 8.42 Å². The summed E-state index contributed by atoms with van der Waals surface area (Å²) in [6.45, 7) is 0. The van der Waals surface area contributed by atoms with Crippen LogP contribution in [0.4, 0.5) is 0 Å². The van der Waals surface area contributed by atoms with Crippen LogP contribution in [0.25, 0.3) is 11.0 Å². The number of hydrogen-bond donors (Lipinski definition) is 2. The van der Waals surface area contributed by atoms with E-state index in [1.54, 1.807) is 12.4 Å². The van der Waals surface area contributed by atoms with Crippen molar-refractivity contribution < 1.29 is 8.42 Å². The molecule has 3 N–H and O–H groups in total. The predicted octanol–water partition coefficient (Wildman–Crippen LogP) is 0.959. The molecule has 0 bridgehead atoms. The highest BCUT2D eigenvalue weighted by atomic mass is 32.2. The van der Waals surface area contributed by atoms with E-state index in [-0.39, 0.29) is 11.8 Å². The molecule has 1 heterocycles.